The van der Waals surface area contributed by atoms with Gasteiger partial charge in [-0.1, -0.05) is 68.5 Å². The molecule has 13 heavy (non-hydrogen) atoms. The quantitative estimate of drug-likeness (QED) is 0.586. The lowest BCUT2D eigenvalue weighted by atomic mass is 10.2. The van der Waals surface area contributed by atoms with Crippen LogP contribution in [0.5, 0.6) is 0 Å². The Morgan fingerprint density at radius 1 is 1.15 bits per heavy atom. The van der Waals surface area contributed by atoms with Crippen molar-refractivity contribution in [1.82, 2.24) is 0 Å². The zero-order chi connectivity index (χ0) is 10.1. The van der Waals surface area contributed by atoms with Crippen molar-refractivity contribution in [2.24, 2.45) is 0 Å². The van der Waals surface area contributed by atoms with E-state index >= 15 is 0 Å². The van der Waals surface area contributed by atoms with Gasteiger partial charge in [0.25, 0.3) is 0 Å². The maximum atomic E-state index is 3.78. The van der Waals surface area contributed by atoms with Gasteiger partial charge in [0, 0.05) is 0 Å². The van der Waals surface area contributed by atoms with Gasteiger partial charge in [-0.05, 0) is 12.5 Å². The van der Waals surface area contributed by atoms with Crippen LogP contribution < -0.4 is 0 Å². The Labute approximate surface area is 81.6 Å². The molecule has 0 amide bonds. The van der Waals surface area contributed by atoms with Crippen LogP contribution in [0.3, 0.4) is 0 Å². The van der Waals surface area contributed by atoms with Crippen LogP contribution in [0.1, 0.15) is 26.3 Å². The first-order valence-electron chi connectivity index (χ1n) is 4.67. The first kappa shape index (κ1) is 11.7. The first-order chi connectivity index (χ1) is 6.29. The fourth-order valence-electron chi connectivity index (χ4n) is 0.803. The van der Waals surface area contributed by atoms with Crippen LogP contribution in [0, 0.1) is 0 Å². The highest BCUT2D eigenvalue weighted by Gasteiger charge is 1.80. The summed E-state index contributed by atoms with van der Waals surface area (Å²) in [5.41, 5.74) is 2.30. The lowest BCUT2D eigenvalue weighted by Crippen LogP contribution is -1.68. The topological polar surface area (TPSA) is 0 Å². The highest BCUT2D eigenvalue weighted by atomic mass is 13.9. The number of hydrogen-bond acceptors (Lipinski definition) is 0. The van der Waals surface area contributed by atoms with Crippen molar-refractivity contribution in [1.29, 1.82) is 0 Å². The standard InChI is InChI=1S/C11H12.C2H6/c1-10(2)8-9-11-6-4-3-5-7-11;1-2/h3-9H,1H2,2H3;1-2H3/b9-8+;. The second-order valence-corrected chi connectivity index (χ2v) is 2.59. The summed E-state index contributed by atoms with van der Waals surface area (Å²) in [5.74, 6) is 0. The molecule has 0 fully saturated rings. The van der Waals surface area contributed by atoms with Crippen LogP contribution >= 0.6 is 0 Å². The van der Waals surface area contributed by atoms with Crippen molar-refractivity contribution in [3.63, 3.8) is 0 Å². The third kappa shape index (κ3) is 5.92. The molecule has 0 heterocycles. The molecule has 0 atom stereocenters. The number of benzene rings is 1. The van der Waals surface area contributed by atoms with Crippen molar-refractivity contribution < 1.29 is 0 Å². The number of hydrogen-bond donors (Lipinski definition) is 0. The van der Waals surface area contributed by atoms with E-state index in [1.165, 1.54) is 5.56 Å². The van der Waals surface area contributed by atoms with E-state index in [1.54, 1.807) is 0 Å². The van der Waals surface area contributed by atoms with Crippen LogP contribution in [0.4, 0.5) is 0 Å². The summed E-state index contributed by atoms with van der Waals surface area (Å²) in [4.78, 5) is 0. The van der Waals surface area contributed by atoms with Crippen molar-refractivity contribution >= 4 is 6.08 Å². The molecule has 0 saturated heterocycles. The van der Waals surface area contributed by atoms with Crippen molar-refractivity contribution in [3.8, 4) is 0 Å². The molecule has 0 aromatic heterocycles. The molecule has 70 valence electrons. The van der Waals surface area contributed by atoms with Gasteiger partial charge in [-0.2, -0.15) is 0 Å². The average molecular weight is 174 g/mol. The minimum atomic E-state index is 1.08. The fraction of sp³-hybridized carbons (Fsp3) is 0.231. The maximum absolute atomic E-state index is 3.78. The zero-order valence-corrected chi connectivity index (χ0v) is 8.75. The third-order valence-corrected chi connectivity index (χ3v) is 1.36. The van der Waals surface area contributed by atoms with E-state index in [9.17, 15) is 0 Å². The average Bonchev–Trinajstić information content (AvgIpc) is 2.19. The van der Waals surface area contributed by atoms with E-state index in [0.717, 1.165) is 5.57 Å². The van der Waals surface area contributed by atoms with Crippen LogP contribution in [0.2, 0.25) is 0 Å². The van der Waals surface area contributed by atoms with Gasteiger partial charge in [0.1, 0.15) is 0 Å². The van der Waals surface area contributed by atoms with Gasteiger partial charge in [0.05, 0.1) is 0 Å². The molecule has 0 nitrogen and oxygen atoms in total. The lowest BCUT2D eigenvalue weighted by Gasteiger charge is -1.90. The van der Waals surface area contributed by atoms with Gasteiger partial charge >= 0.3 is 0 Å². The van der Waals surface area contributed by atoms with Gasteiger partial charge < -0.3 is 0 Å². The summed E-state index contributed by atoms with van der Waals surface area (Å²) < 4.78 is 0. The van der Waals surface area contributed by atoms with E-state index < -0.39 is 0 Å². The van der Waals surface area contributed by atoms with Gasteiger partial charge in [-0.25, -0.2) is 0 Å². The van der Waals surface area contributed by atoms with Gasteiger partial charge in [0.2, 0.25) is 0 Å². The Hall–Kier alpha value is -1.30. The van der Waals surface area contributed by atoms with E-state index in [2.05, 4.69) is 24.8 Å². The molecule has 0 aliphatic carbocycles. The lowest BCUT2D eigenvalue weighted by molar-refractivity contribution is 1.50. The number of rotatable bonds is 2. The highest BCUT2D eigenvalue weighted by Crippen LogP contribution is 2.02. The predicted molar refractivity (Wildman–Crippen MR) is 61.6 cm³/mol. The minimum absolute atomic E-state index is 1.08. The van der Waals surface area contributed by atoms with Crippen LogP contribution in [-0.2, 0) is 0 Å². The van der Waals surface area contributed by atoms with Crippen molar-refractivity contribution in [3.05, 3.63) is 54.1 Å². The van der Waals surface area contributed by atoms with E-state index in [0.29, 0.717) is 0 Å². The molecule has 0 N–H and O–H groups in total. The molecule has 1 rings (SSSR count). The molecule has 0 aliphatic heterocycles. The number of allylic oxidation sites excluding steroid dienone is 2. The minimum Gasteiger partial charge on any atom is -0.0961 e. The molecule has 0 spiro atoms. The molecular formula is C13H18. The monoisotopic (exact) mass is 174 g/mol. The van der Waals surface area contributed by atoms with Crippen LogP contribution in [0.15, 0.2) is 48.6 Å². The van der Waals surface area contributed by atoms with Crippen LogP contribution in [-0.4, -0.2) is 0 Å². The summed E-state index contributed by atoms with van der Waals surface area (Å²) in [6.45, 7) is 9.77. The predicted octanol–water partition coefficient (Wildman–Crippen LogP) is 4.30. The molecule has 1 aromatic rings. The Morgan fingerprint density at radius 3 is 2.15 bits per heavy atom. The van der Waals surface area contributed by atoms with Crippen molar-refractivity contribution in [2.45, 2.75) is 20.8 Å². The Bertz CT molecular complexity index is 255. The van der Waals surface area contributed by atoms with E-state index in [-0.39, 0.29) is 0 Å². The Morgan fingerprint density at radius 2 is 1.69 bits per heavy atom. The van der Waals surface area contributed by atoms with Gasteiger partial charge in [-0.3, -0.25) is 0 Å². The van der Waals surface area contributed by atoms with E-state index in [1.807, 2.05) is 45.0 Å². The Balaban J connectivity index is 0.000000671. The second-order valence-electron chi connectivity index (χ2n) is 2.59. The molecule has 0 heteroatoms. The van der Waals surface area contributed by atoms with Gasteiger partial charge in [-0.15, -0.1) is 0 Å². The summed E-state index contributed by atoms with van der Waals surface area (Å²) in [6.07, 6.45) is 4.07. The Kier molecular flexibility index (Phi) is 6.62. The third-order valence-electron chi connectivity index (χ3n) is 1.36. The molecule has 0 aliphatic rings. The van der Waals surface area contributed by atoms with Gasteiger partial charge in [0.15, 0.2) is 0 Å². The maximum Gasteiger partial charge on any atom is -0.0257 e. The molecule has 1 aromatic carbocycles. The molecule has 0 saturated carbocycles. The molecular weight excluding hydrogens is 156 g/mol. The van der Waals surface area contributed by atoms with Crippen molar-refractivity contribution in [2.75, 3.05) is 0 Å². The fourth-order valence-corrected chi connectivity index (χ4v) is 0.803. The van der Waals surface area contributed by atoms with E-state index in [4.69, 9.17) is 0 Å². The van der Waals surface area contributed by atoms with Crippen LogP contribution in [0.25, 0.3) is 6.08 Å². The summed E-state index contributed by atoms with van der Waals surface area (Å²) in [7, 11) is 0. The zero-order valence-electron chi connectivity index (χ0n) is 8.75. The summed E-state index contributed by atoms with van der Waals surface area (Å²) >= 11 is 0. The largest absolute Gasteiger partial charge is 0.0961 e. The second kappa shape index (κ2) is 7.35. The smallest absolute Gasteiger partial charge is 0.0257 e. The molecule has 0 unspecified atom stereocenters. The summed E-state index contributed by atoms with van der Waals surface area (Å²) in [5, 5.41) is 0. The highest BCUT2D eigenvalue weighted by molar-refractivity contribution is 5.51. The first-order valence-corrected chi connectivity index (χ1v) is 4.67. The SMILES string of the molecule is C=C(C)/C=C/c1ccccc1.CC. The molecule has 0 radical (unpaired) electrons. The molecule has 0 bridgehead atoms. The summed E-state index contributed by atoms with van der Waals surface area (Å²) in [6, 6.07) is 10.2. The normalized spacial score (nSPS) is 9.15.